The van der Waals surface area contributed by atoms with Crippen LogP contribution in [0, 0.1) is 5.92 Å². The van der Waals surface area contributed by atoms with Crippen LogP contribution in [0.5, 0.6) is 0 Å². The van der Waals surface area contributed by atoms with Gasteiger partial charge in [0.2, 0.25) is 0 Å². The summed E-state index contributed by atoms with van der Waals surface area (Å²) in [5.41, 5.74) is 7.24. The number of nitrogens with two attached hydrogens (primary N) is 1. The molecular formula is C12H23ClN4. The van der Waals surface area contributed by atoms with Crippen molar-refractivity contribution in [2.75, 3.05) is 13.1 Å². The van der Waals surface area contributed by atoms with Gasteiger partial charge in [-0.15, -0.1) is 12.4 Å². The summed E-state index contributed by atoms with van der Waals surface area (Å²) in [6, 6.07) is 0.348. The Balaban J connectivity index is 0.00000144. The maximum absolute atomic E-state index is 5.94. The van der Waals surface area contributed by atoms with E-state index in [1.54, 1.807) is 0 Å². The fraction of sp³-hybridized carbons (Fsp3) is 0.750. The lowest BCUT2D eigenvalue weighted by molar-refractivity contribution is 0.165. The van der Waals surface area contributed by atoms with Crippen molar-refractivity contribution in [3.8, 4) is 0 Å². The fourth-order valence-corrected chi connectivity index (χ4v) is 2.45. The summed E-state index contributed by atoms with van der Waals surface area (Å²) in [7, 11) is 1.96. The molecule has 1 aromatic heterocycles. The van der Waals surface area contributed by atoms with E-state index in [0.717, 1.165) is 6.54 Å². The number of hydrogen-bond donors (Lipinski definition) is 1. The van der Waals surface area contributed by atoms with Crippen molar-refractivity contribution in [2.45, 2.75) is 32.4 Å². The number of piperidine rings is 1. The molecule has 0 radical (unpaired) electrons. The van der Waals surface area contributed by atoms with Crippen LogP contribution in [0.15, 0.2) is 12.4 Å². The van der Waals surface area contributed by atoms with E-state index < -0.39 is 0 Å². The van der Waals surface area contributed by atoms with Crippen LogP contribution in [0.1, 0.15) is 25.3 Å². The Hall–Kier alpha value is -0.580. The second kappa shape index (κ2) is 6.38. The molecule has 2 heterocycles. The SMILES string of the molecule is CC(N)C1CCN(Cc2cnn(C)c2)CC1.Cl. The molecule has 0 bridgehead atoms. The predicted molar refractivity (Wildman–Crippen MR) is 72.1 cm³/mol. The Labute approximate surface area is 110 Å². The van der Waals surface area contributed by atoms with Crippen molar-refractivity contribution in [1.29, 1.82) is 0 Å². The van der Waals surface area contributed by atoms with Crippen molar-refractivity contribution in [1.82, 2.24) is 14.7 Å². The zero-order valence-corrected chi connectivity index (χ0v) is 11.5. The molecular weight excluding hydrogens is 236 g/mol. The van der Waals surface area contributed by atoms with Crippen molar-refractivity contribution in [3.05, 3.63) is 18.0 Å². The van der Waals surface area contributed by atoms with E-state index in [2.05, 4.69) is 23.1 Å². The van der Waals surface area contributed by atoms with Gasteiger partial charge in [-0.25, -0.2) is 0 Å². The normalized spacial score (nSPS) is 19.9. The number of nitrogens with zero attached hydrogens (tertiary/aromatic N) is 3. The van der Waals surface area contributed by atoms with Crippen LogP contribution in [0.2, 0.25) is 0 Å². The minimum absolute atomic E-state index is 0. The number of halogens is 1. The van der Waals surface area contributed by atoms with Gasteiger partial charge in [-0.3, -0.25) is 9.58 Å². The van der Waals surface area contributed by atoms with Gasteiger partial charge >= 0.3 is 0 Å². The third kappa shape index (κ3) is 3.98. The molecule has 5 heteroatoms. The predicted octanol–water partition coefficient (Wildman–Crippen LogP) is 1.40. The van der Waals surface area contributed by atoms with E-state index in [0.29, 0.717) is 12.0 Å². The van der Waals surface area contributed by atoms with Crippen molar-refractivity contribution < 1.29 is 0 Å². The first-order chi connectivity index (χ1) is 7.65. The monoisotopic (exact) mass is 258 g/mol. The molecule has 1 fully saturated rings. The number of likely N-dealkylation sites (tertiary alicyclic amines) is 1. The second-order valence-electron chi connectivity index (χ2n) is 4.99. The quantitative estimate of drug-likeness (QED) is 0.892. The van der Waals surface area contributed by atoms with Gasteiger partial charge in [0.15, 0.2) is 0 Å². The van der Waals surface area contributed by atoms with Crippen LogP contribution in [0.4, 0.5) is 0 Å². The molecule has 0 spiro atoms. The smallest absolute Gasteiger partial charge is 0.0534 e. The highest BCUT2D eigenvalue weighted by Crippen LogP contribution is 2.20. The molecule has 4 nitrogen and oxygen atoms in total. The lowest BCUT2D eigenvalue weighted by Crippen LogP contribution is -2.39. The van der Waals surface area contributed by atoms with Gasteiger partial charge in [-0.1, -0.05) is 0 Å². The van der Waals surface area contributed by atoms with Crippen LogP contribution >= 0.6 is 12.4 Å². The van der Waals surface area contributed by atoms with E-state index in [9.17, 15) is 0 Å². The molecule has 0 amide bonds. The minimum atomic E-state index is 0. The lowest BCUT2D eigenvalue weighted by Gasteiger charge is -2.33. The number of hydrogen-bond acceptors (Lipinski definition) is 3. The van der Waals surface area contributed by atoms with Crippen LogP contribution < -0.4 is 5.73 Å². The number of rotatable bonds is 3. The molecule has 2 rings (SSSR count). The van der Waals surface area contributed by atoms with Gasteiger partial charge in [-0.2, -0.15) is 5.10 Å². The zero-order valence-electron chi connectivity index (χ0n) is 10.7. The second-order valence-corrected chi connectivity index (χ2v) is 4.99. The van der Waals surface area contributed by atoms with Crippen LogP contribution in [-0.4, -0.2) is 33.8 Å². The fourth-order valence-electron chi connectivity index (χ4n) is 2.45. The van der Waals surface area contributed by atoms with Gasteiger partial charge in [0.05, 0.1) is 6.20 Å². The average Bonchev–Trinajstić information content (AvgIpc) is 2.65. The summed E-state index contributed by atoms with van der Waals surface area (Å²) in [6.45, 7) is 5.49. The Bertz CT molecular complexity index is 329. The highest BCUT2D eigenvalue weighted by Gasteiger charge is 2.21. The molecule has 1 saturated heterocycles. The summed E-state index contributed by atoms with van der Waals surface area (Å²) >= 11 is 0. The molecule has 1 aliphatic rings. The topological polar surface area (TPSA) is 47.1 Å². The molecule has 2 N–H and O–H groups in total. The average molecular weight is 259 g/mol. The largest absolute Gasteiger partial charge is 0.328 e. The van der Waals surface area contributed by atoms with E-state index in [1.165, 1.54) is 31.5 Å². The minimum Gasteiger partial charge on any atom is -0.328 e. The van der Waals surface area contributed by atoms with E-state index in [1.807, 2.05) is 17.9 Å². The van der Waals surface area contributed by atoms with Gasteiger partial charge in [0.1, 0.15) is 0 Å². The van der Waals surface area contributed by atoms with Crippen molar-refractivity contribution in [2.24, 2.45) is 18.7 Å². The Morgan fingerprint density at radius 1 is 1.47 bits per heavy atom. The van der Waals surface area contributed by atoms with Gasteiger partial charge in [-0.05, 0) is 38.8 Å². The Morgan fingerprint density at radius 2 is 2.12 bits per heavy atom. The first-order valence-corrected chi connectivity index (χ1v) is 6.10. The molecule has 1 atom stereocenters. The van der Waals surface area contributed by atoms with E-state index >= 15 is 0 Å². The Kier molecular flexibility index (Phi) is 5.43. The highest BCUT2D eigenvalue weighted by atomic mass is 35.5. The van der Waals surface area contributed by atoms with Gasteiger partial charge < -0.3 is 5.73 Å². The van der Waals surface area contributed by atoms with Crippen molar-refractivity contribution in [3.63, 3.8) is 0 Å². The highest BCUT2D eigenvalue weighted by molar-refractivity contribution is 5.85. The molecule has 1 aliphatic heterocycles. The number of aromatic nitrogens is 2. The van der Waals surface area contributed by atoms with Crippen molar-refractivity contribution >= 4 is 12.4 Å². The van der Waals surface area contributed by atoms with Crippen LogP contribution in [0.3, 0.4) is 0 Å². The summed E-state index contributed by atoms with van der Waals surface area (Å²) < 4.78 is 1.87. The maximum Gasteiger partial charge on any atom is 0.0534 e. The molecule has 98 valence electrons. The first-order valence-electron chi connectivity index (χ1n) is 6.10. The lowest BCUT2D eigenvalue weighted by atomic mass is 9.91. The third-order valence-corrected chi connectivity index (χ3v) is 3.54. The van der Waals surface area contributed by atoms with E-state index in [-0.39, 0.29) is 12.4 Å². The van der Waals surface area contributed by atoms with Gasteiger partial charge in [0, 0.05) is 31.4 Å². The standard InChI is InChI=1S/C12H22N4.ClH/c1-10(13)12-3-5-16(6-4-12)9-11-7-14-15(2)8-11;/h7-8,10,12H,3-6,9,13H2,1-2H3;1H. The van der Waals surface area contributed by atoms with Crippen LogP contribution in [0.25, 0.3) is 0 Å². The van der Waals surface area contributed by atoms with Gasteiger partial charge in [0.25, 0.3) is 0 Å². The Morgan fingerprint density at radius 3 is 2.59 bits per heavy atom. The summed E-state index contributed by atoms with van der Waals surface area (Å²) in [6.07, 6.45) is 6.52. The summed E-state index contributed by atoms with van der Waals surface area (Å²) in [4.78, 5) is 2.50. The third-order valence-electron chi connectivity index (χ3n) is 3.54. The molecule has 0 saturated carbocycles. The van der Waals surface area contributed by atoms with Crippen LogP contribution in [-0.2, 0) is 13.6 Å². The molecule has 17 heavy (non-hydrogen) atoms. The molecule has 1 aromatic rings. The number of aryl methyl sites for hydroxylation is 1. The van der Waals surface area contributed by atoms with E-state index in [4.69, 9.17) is 5.73 Å². The maximum atomic E-state index is 5.94. The summed E-state index contributed by atoms with van der Waals surface area (Å²) in [5.74, 6) is 0.713. The summed E-state index contributed by atoms with van der Waals surface area (Å²) in [5, 5.41) is 4.20. The molecule has 0 aliphatic carbocycles. The molecule has 0 aromatic carbocycles. The first kappa shape index (κ1) is 14.5. The zero-order chi connectivity index (χ0) is 11.5. The molecule has 1 unspecified atom stereocenters.